The molecular weight excluding hydrogens is 305 g/mol. The predicted molar refractivity (Wildman–Crippen MR) is 80.3 cm³/mol. The van der Waals surface area contributed by atoms with Gasteiger partial charge in [-0.05, 0) is 17.7 Å². The fourth-order valence-electron chi connectivity index (χ4n) is 2.51. The Morgan fingerprint density at radius 1 is 1.05 bits per heavy atom. The lowest BCUT2D eigenvalue weighted by Gasteiger charge is -2.32. The third-order valence-corrected chi connectivity index (χ3v) is 5.55. The molecule has 0 unspecified atom stereocenters. The molecule has 1 aliphatic heterocycles. The van der Waals surface area contributed by atoms with E-state index in [2.05, 4.69) is 0 Å². The molecule has 1 atom stereocenters. The summed E-state index contributed by atoms with van der Waals surface area (Å²) in [6.45, 7) is 0.688. The highest BCUT2D eigenvalue weighted by molar-refractivity contribution is 7.89. The van der Waals surface area contributed by atoms with Crippen LogP contribution in [0.15, 0.2) is 59.5 Å². The van der Waals surface area contributed by atoms with Gasteiger partial charge in [0, 0.05) is 13.1 Å². The van der Waals surface area contributed by atoms with Crippen molar-refractivity contribution in [3.8, 4) is 0 Å². The number of ether oxygens (including phenoxy) is 1. The molecule has 3 rings (SSSR count). The molecule has 6 heteroatoms. The van der Waals surface area contributed by atoms with Crippen LogP contribution >= 0.6 is 0 Å². The number of halogens is 1. The van der Waals surface area contributed by atoms with E-state index in [1.54, 1.807) is 0 Å². The van der Waals surface area contributed by atoms with Crippen molar-refractivity contribution in [1.82, 2.24) is 4.31 Å². The molecule has 116 valence electrons. The highest BCUT2D eigenvalue weighted by atomic mass is 32.2. The van der Waals surface area contributed by atoms with E-state index in [0.717, 1.165) is 11.6 Å². The molecule has 4 nitrogen and oxygen atoms in total. The molecule has 0 aliphatic carbocycles. The Labute approximate surface area is 129 Å². The second-order valence-corrected chi connectivity index (χ2v) is 6.97. The zero-order valence-corrected chi connectivity index (χ0v) is 12.7. The van der Waals surface area contributed by atoms with Crippen molar-refractivity contribution in [2.45, 2.75) is 11.0 Å². The van der Waals surface area contributed by atoms with Gasteiger partial charge in [-0.2, -0.15) is 4.31 Å². The Balaban J connectivity index is 1.87. The van der Waals surface area contributed by atoms with Crippen molar-refractivity contribution in [2.75, 3.05) is 19.7 Å². The molecule has 0 saturated carbocycles. The minimum absolute atomic E-state index is 0.181. The second kappa shape index (κ2) is 6.16. The monoisotopic (exact) mass is 321 g/mol. The molecule has 1 fully saturated rings. The maximum atomic E-state index is 13.8. The Morgan fingerprint density at radius 2 is 1.73 bits per heavy atom. The summed E-state index contributed by atoms with van der Waals surface area (Å²) in [6, 6.07) is 14.9. The van der Waals surface area contributed by atoms with Crippen LogP contribution in [0.2, 0.25) is 0 Å². The van der Waals surface area contributed by atoms with Crippen LogP contribution in [-0.2, 0) is 14.8 Å². The largest absolute Gasteiger partial charge is 0.371 e. The van der Waals surface area contributed by atoms with Gasteiger partial charge in [0.25, 0.3) is 0 Å². The number of nitrogens with zero attached hydrogens (tertiary/aromatic N) is 1. The first-order chi connectivity index (χ1) is 10.6. The van der Waals surface area contributed by atoms with Gasteiger partial charge < -0.3 is 4.74 Å². The molecule has 0 radical (unpaired) electrons. The van der Waals surface area contributed by atoms with Crippen molar-refractivity contribution < 1.29 is 17.5 Å². The number of sulfonamides is 1. The van der Waals surface area contributed by atoms with E-state index in [4.69, 9.17) is 4.74 Å². The summed E-state index contributed by atoms with van der Waals surface area (Å²) in [5, 5.41) is 0. The number of hydrogen-bond donors (Lipinski definition) is 0. The van der Waals surface area contributed by atoms with Crippen molar-refractivity contribution >= 4 is 10.0 Å². The van der Waals surface area contributed by atoms with E-state index in [9.17, 15) is 12.8 Å². The maximum absolute atomic E-state index is 13.8. The smallest absolute Gasteiger partial charge is 0.246 e. The summed E-state index contributed by atoms with van der Waals surface area (Å²) >= 11 is 0. The van der Waals surface area contributed by atoms with Crippen LogP contribution in [0.4, 0.5) is 4.39 Å². The highest BCUT2D eigenvalue weighted by Gasteiger charge is 2.32. The quantitative estimate of drug-likeness (QED) is 0.873. The second-order valence-electron chi connectivity index (χ2n) is 5.06. The average molecular weight is 321 g/mol. The standard InChI is InChI=1S/C16H16FNO3S/c17-14-8-4-5-9-16(14)22(19,20)18-10-11-21-15(12-18)13-6-2-1-3-7-13/h1-9,15H,10-12H2/t15-/m0/s1. The van der Waals surface area contributed by atoms with Gasteiger partial charge in [0.2, 0.25) is 10.0 Å². The maximum Gasteiger partial charge on any atom is 0.246 e. The SMILES string of the molecule is O=S(=O)(c1ccccc1F)N1CCO[C@H](c2ccccc2)C1. The van der Waals surface area contributed by atoms with Crippen LogP contribution in [0.1, 0.15) is 11.7 Å². The summed E-state index contributed by atoms with van der Waals surface area (Å²) in [4.78, 5) is -0.288. The minimum Gasteiger partial charge on any atom is -0.371 e. The molecule has 1 aliphatic rings. The van der Waals surface area contributed by atoms with E-state index >= 15 is 0 Å². The summed E-state index contributed by atoms with van der Waals surface area (Å²) in [6.07, 6.45) is -0.337. The molecule has 22 heavy (non-hydrogen) atoms. The molecule has 0 spiro atoms. The lowest BCUT2D eigenvalue weighted by Crippen LogP contribution is -2.42. The number of rotatable bonds is 3. The summed E-state index contributed by atoms with van der Waals surface area (Å²) < 4.78 is 46.0. The highest BCUT2D eigenvalue weighted by Crippen LogP contribution is 2.27. The number of hydrogen-bond acceptors (Lipinski definition) is 3. The third-order valence-electron chi connectivity index (χ3n) is 3.66. The van der Waals surface area contributed by atoms with Gasteiger partial charge in [0.05, 0.1) is 12.7 Å². The van der Waals surface area contributed by atoms with Crippen molar-refractivity contribution in [2.24, 2.45) is 0 Å². The Kier molecular flexibility index (Phi) is 4.24. The molecule has 2 aromatic rings. The van der Waals surface area contributed by atoms with Crippen LogP contribution in [0.5, 0.6) is 0 Å². The van der Waals surface area contributed by atoms with Crippen molar-refractivity contribution in [1.29, 1.82) is 0 Å². The summed E-state index contributed by atoms with van der Waals surface area (Å²) in [5.41, 5.74) is 0.913. The normalized spacial score (nSPS) is 20.0. The molecule has 1 heterocycles. The first kappa shape index (κ1) is 15.1. The average Bonchev–Trinajstić information content (AvgIpc) is 2.56. The molecule has 0 bridgehead atoms. The predicted octanol–water partition coefficient (Wildman–Crippen LogP) is 2.59. The molecule has 0 aromatic heterocycles. The van der Waals surface area contributed by atoms with Gasteiger partial charge in [0.1, 0.15) is 10.7 Å². The minimum atomic E-state index is -3.86. The van der Waals surface area contributed by atoms with E-state index in [1.165, 1.54) is 22.5 Å². The van der Waals surface area contributed by atoms with Crippen LogP contribution in [0, 0.1) is 5.82 Å². The van der Waals surface area contributed by atoms with Gasteiger partial charge in [0.15, 0.2) is 0 Å². The van der Waals surface area contributed by atoms with E-state index < -0.39 is 15.8 Å². The molecular formula is C16H16FNO3S. The third kappa shape index (κ3) is 2.90. The van der Waals surface area contributed by atoms with Gasteiger partial charge in [-0.15, -0.1) is 0 Å². The fraction of sp³-hybridized carbons (Fsp3) is 0.250. The molecule has 1 saturated heterocycles. The number of morpholine rings is 1. The Morgan fingerprint density at radius 3 is 2.45 bits per heavy atom. The van der Waals surface area contributed by atoms with Gasteiger partial charge in [-0.1, -0.05) is 42.5 Å². The Hall–Kier alpha value is -1.76. The zero-order chi connectivity index (χ0) is 15.6. The van der Waals surface area contributed by atoms with Gasteiger partial charge in [-0.3, -0.25) is 0 Å². The van der Waals surface area contributed by atoms with Crippen LogP contribution in [-0.4, -0.2) is 32.4 Å². The lowest BCUT2D eigenvalue weighted by atomic mass is 10.1. The van der Waals surface area contributed by atoms with Crippen molar-refractivity contribution in [3.63, 3.8) is 0 Å². The van der Waals surface area contributed by atoms with Gasteiger partial charge in [-0.25, -0.2) is 12.8 Å². The molecule has 2 aromatic carbocycles. The summed E-state index contributed by atoms with van der Waals surface area (Å²) in [5.74, 6) is -0.731. The first-order valence-corrected chi connectivity index (χ1v) is 8.44. The Bertz CT molecular complexity index is 749. The first-order valence-electron chi connectivity index (χ1n) is 7.00. The van der Waals surface area contributed by atoms with Crippen LogP contribution in [0.25, 0.3) is 0 Å². The van der Waals surface area contributed by atoms with E-state index in [0.29, 0.717) is 0 Å². The topological polar surface area (TPSA) is 46.6 Å². The van der Waals surface area contributed by atoms with Crippen molar-refractivity contribution in [3.05, 3.63) is 66.0 Å². The van der Waals surface area contributed by atoms with E-state index in [1.807, 2.05) is 30.3 Å². The number of benzene rings is 2. The summed E-state index contributed by atoms with van der Waals surface area (Å²) in [7, 11) is -3.86. The van der Waals surface area contributed by atoms with Gasteiger partial charge >= 0.3 is 0 Å². The lowest BCUT2D eigenvalue weighted by molar-refractivity contribution is -0.00261. The van der Waals surface area contributed by atoms with Crippen LogP contribution in [0.3, 0.4) is 0 Å². The zero-order valence-electron chi connectivity index (χ0n) is 11.9. The van der Waals surface area contributed by atoms with Crippen LogP contribution < -0.4 is 0 Å². The molecule has 0 amide bonds. The fourth-order valence-corrected chi connectivity index (χ4v) is 4.00. The van der Waals surface area contributed by atoms with E-state index in [-0.39, 0.29) is 30.7 Å². The molecule has 0 N–H and O–H groups in total.